The van der Waals surface area contributed by atoms with Gasteiger partial charge >= 0.3 is 0 Å². The van der Waals surface area contributed by atoms with Gasteiger partial charge < -0.3 is 14.1 Å². The molecule has 1 aliphatic heterocycles. The number of likely N-dealkylation sites (tertiary alicyclic amines) is 1. The molecule has 0 atom stereocenters. The molecule has 0 unspecified atom stereocenters. The van der Waals surface area contributed by atoms with Gasteiger partial charge in [0.25, 0.3) is 0 Å². The molecule has 1 saturated heterocycles. The summed E-state index contributed by atoms with van der Waals surface area (Å²) in [6.07, 6.45) is 3.32. The number of aromatic nitrogens is 1. The van der Waals surface area contributed by atoms with Gasteiger partial charge in [-0.15, -0.1) is 0 Å². The summed E-state index contributed by atoms with van der Waals surface area (Å²) in [5.74, 6) is 2.28. The SMILES string of the molecule is COc1ccc(CCN2CCC(c3nc4ccccc4o3)CC2)cc1. The molecule has 1 aliphatic rings. The zero-order chi connectivity index (χ0) is 17.1. The highest BCUT2D eigenvalue weighted by atomic mass is 16.5. The van der Waals surface area contributed by atoms with Crippen molar-refractivity contribution in [3.8, 4) is 5.75 Å². The summed E-state index contributed by atoms with van der Waals surface area (Å²) in [6, 6.07) is 16.4. The van der Waals surface area contributed by atoms with E-state index in [-0.39, 0.29) is 0 Å². The number of methoxy groups -OCH3 is 1. The Morgan fingerprint density at radius 3 is 2.56 bits per heavy atom. The second kappa shape index (κ2) is 7.28. The number of ether oxygens (including phenoxy) is 1. The van der Waals surface area contributed by atoms with Crippen molar-refractivity contribution in [1.82, 2.24) is 9.88 Å². The first-order chi connectivity index (χ1) is 12.3. The van der Waals surface area contributed by atoms with Gasteiger partial charge in [0, 0.05) is 12.5 Å². The van der Waals surface area contributed by atoms with Crippen LogP contribution in [0.2, 0.25) is 0 Å². The maximum Gasteiger partial charge on any atom is 0.198 e. The third-order valence-electron chi connectivity index (χ3n) is 5.12. The van der Waals surface area contributed by atoms with Crippen LogP contribution in [0.1, 0.15) is 30.2 Å². The summed E-state index contributed by atoms with van der Waals surface area (Å²) < 4.78 is 11.2. The van der Waals surface area contributed by atoms with Crippen LogP contribution in [0.25, 0.3) is 11.1 Å². The topological polar surface area (TPSA) is 38.5 Å². The highest BCUT2D eigenvalue weighted by molar-refractivity contribution is 5.72. The molecule has 4 nitrogen and oxygen atoms in total. The monoisotopic (exact) mass is 336 g/mol. The molecular weight excluding hydrogens is 312 g/mol. The molecule has 0 saturated carbocycles. The number of piperidine rings is 1. The fraction of sp³-hybridized carbons (Fsp3) is 0.381. The van der Waals surface area contributed by atoms with Crippen LogP contribution in [0.15, 0.2) is 52.9 Å². The summed E-state index contributed by atoms with van der Waals surface area (Å²) in [6.45, 7) is 3.33. The maximum absolute atomic E-state index is 5.95. The third-order valence-corrected chi connectivity index (χ3v) is 5.12. The summed E-state index contributed by atoms with van der Waals surface area (Å²) in [7, 11) is 1.70. The van der Waals surface area contributed by atoms with E-state index in [0.29, 0.717) is 5.92 Å². The molecule has 1 aromatic heterocycles. The van der Waals surface area contributed by atoms with E-state index in [1.54, 1.807) is 7.11 Å². The van der Waals surface area contributed by atoms with Crippen molar-refractivity contribution < 1.29 is 9.15 Å². The Morgan fingerprint density at radius 2 is 1.84 bits per heavy atom. The van der Waals surface area contributed by atoms with Gasteiger partial charge in [-0.25, -0.2) is 4.98 Å². The van der Waals surface area contributed by atoms with Gasteiger partial charge in [0.2, 0.25) is 0 Å². The van der Waals surface area contributed by atoms with Gasteiger partial charge in [0.1, 0.15) is 11.3 Å². The summed E-state index contributed by atoms with van der Waals surface area (Å²) >= 11 is 0. The van der Waals surface area contributed by atoms with Crippen molar-refractivity contribution in [3.05, 3.63) is 60.0 Å². The van der Waals surface area contributed by atoms with Crippen LogP contribution < -0.4 is 4.74 Å². The van der Waals surface area contributed by atoms with E-state index in [4.69, 9.17) is 9.15 Å². The van der Waals surface area contributed by atoms with E-state index in [1.165, 1.54) is 5.56 Å². The average molecular weight is 336 g/mol. The number of rotatable bonds is 5. The predicted molar refractivity (Wildman–Crippen MR) is 99.1 cm³/mol. The smallest absolute Gasteiger partial charge is 0.198 e. The lowest BCUT2D eigenvalue weighted by atomic mass is 9.96. The van der Waals surface area contributed by atoms with Crippen molar-refractivity contribution >= 4 is 11.1 Å². The molecule has 130 valence electrons. The van der Waals surface area contributed by atoms with Gasteiger partial charge in [-0.05, 0) is 62.2 Å². The van der Waals surface area contributed by atoms with Crippen LogP contribution in [0.4, 0.5) is 0 Å². The van der Waals surface area contributed by atoms with E-state index < -0.39 is 0 Å². The second-order valence-electron chi connectivity index (χ2n) is 6.73. The number of hydrogen-bond donors (Lipinski definition) is 0. The number of oxazole rings is 1. The number of hydrogen-bond acceptors (Lipinski definition) is 4. The minimum absolute atomic E-state index is 0.449. The molecular formula is C21H24N2O2. The molecule has 2 heterocycles. The first-order valence-electron chi connectivity index (χ1n) is 9.02. The Labute approximate surface area is 148 Å². The van der Waals surface area contributed by atoms with Crippen molar-refractivity contribution in [2.45, 2.75) is 25.2 Å². The summed E-state index contributed by atoms with van der Waals surface area (Å²) in [4.78, 5) is 7.22. The molecule has 2 aromatic carbocycles. The molecule has 0 radical (unpaired) electrons. The van der Waals surface area contributed by atoms with Gasteiger partial charge in [0.05, 0.1) is 7.11 Å². The van der Waals surface area contributed by atoms with Gasteiger partial charge in [-0.2, -0.15) is 0 Å². The third kappa shape index (κ3) is 3.69. The molecule has 0 amide bonds. The van der Waals surface area contributed by atoms with Crippen molar-refractivity contribution in [2.24, 2.45) is 0 Å². The van der Waals surface area contributed by atoms with Crippen LogP contribution in [-0.2, 0) is 6.42 Å². The van der Waals surface area contributed by atoms with E-state index >= 15 is 0 Å². The Morgan fingerprint density at radius 1 is 1.08 bits per heavy atom. The van der Waals surface area contributed by atoms with Crippen molar-refractivity contribution in [3.63, 3.8) is 0 Å². The van der Waals surface area contributed by atoms with Crippen molar-refractivity contribution in [2.75, 3.05) is 26.7 Å². The van der Waals surface area contributed by atoms with Crippen LogP contribution in [0.5, 0.6) is 5.75 Å². The van der Waals surface area contributed by atoms with E-state index in [1.807, 2.05) is 36.4 Å². The second-order valence-corrected chi connectivity index (χ2v) is 6.73. The van der Waals surface area contributed by atoms with Crippen molar-refractivity contribution in [1.29, 1.82) is 0 Å². The number of benzene rings is 2. The standard InChI is InChI=1S/C21H24N2O2/c1-24-18-8-6-16(7-9-18)10-13-23-14-11-17(12-15-23)21-22-19-4-2-3-5-20(19)25-21/h2-9,17H,10-15H2,1H3. The van der Waals surface area contributed by atoms with Crippen LogP contribution in [-0.4, -0.2) is 36.6 Å². The molecule has 0 spiro atoms. The molecule has 4 rings (SSSR count). The van der Waals surface area contributed by atoms with E-state index in [2.05, 4.69) is 22.0 Å². The Balaban J connectivity index is 1.30. The zero-order valence-electron chi connectivity index (χ0n) is 14.6. The predicted octanol–water partition coefficient (Wildman–Crippen LogP) is 4.26. The van der Waals surface area contributed by atoms with Gasteiger partial charge in [0.15, 0.2) is 11.5 Å². The van der Waals surface area contributed by atoms with Gasteiger partial charge in [-0.3, -0.25) is 0 Å². The van der Waals surface area contributed by atoms with E-state index in [0.717, 1.165) is 61.6 Å². The zero-order valence-corrected chi connectivity index (χ0v) is 14.6. The van der Waals surface area contributed by atoms with Gasteiger partial charge in [-0.1, -0.05) is 24.3 Å². The molecule has 3 aromatic rings. The minimum atomic E-state index is 0.449. The fourth-order valence-electron chi connectivity index (χ4n) is 3.55. The van der Waals surface area contributed by atoms with Crippen LogP contribution in [0.3, 0.4) is 0 Å². The average Bonchev–Trinajstić information content (AvgIpc) is 3.11. The molecule has 0 N–H and O–H groups in total. The lowest BCUT2D eigenvalue weighted by Crippen LogP contribution is -2.34. The molecule has 25 heavy (non-hydrogen) atoms. The first kappa shape index (κ1) is 16.2. The number of para-hydroxylation sites is 2. The molecule has 0 aliphatic carbocycles. The number of nitrogens with zero attached hydrogens (tertiary/aromatic N) is 2. The highest BCUT2D eigenvalue weighted by Gasteiger charge is 2.24. The summed E-state index contributed by atoms with van der Waals surface area (Å²) in [5, 5.41) is 0. The highest BCUT2D eigenvalue weighted by Crippen LogP contribution is 2.29. The van der Waals surface area contributed by atoms with Crippen LogP contribution in [0, 0.1) is 0 Å². The molecule has 4 heteroatoms. The maximum atomic E-state index is 5.95. The Hall–Kier alpha value is -2.33. The summed E-state index contributed by atoms with van der Waals surface area (Å²) in [5.41, 5.74) is 3.24. The Kier molecular flexibility index (Phi) is 4.70. The largest absolute Gasteiger partial charge is 0.497 e. The van der Waals surface area contributed by atoms with Crippen LogP contribution >= 0.6 is 0 Å². The molecule has 0 bridgehead atoms. The normalized spacial score (nSPS) is 16.4. The lowest BCUT2D eigenvalue weighted by Gasteiger charge is -2.30. The lowest BCUT2D eigenvalue weighted by molar-refractivity contribution is 0.203. The number of fused-ring (bicyclic) bond motifs is 1. The Bertz CT molecular complexity index is 784. The molecule has 1 fully saturated rings. The quantitative estimate of drug-likeness (QED) is 0.698. The fourth-order valence-corrected chi connectivity index (χ4v) is 3.55. The van der Waals surface area contributed by atoms with E-state index in [9.17, 15) is 0 Å². The minimum Gasteiger partial charge on any atom is -0.497 e. The first-order valence-corrected chi connectivity index (χ1v) is 9.02.